The highest BCUT2D eigenvalue weighted by atomic mass is 32.1. The molecule has 0 fully saturated rings. The van der Waals surface area contributed by atoms with E-state index in [1.54, 1.807) is 24.9 Å². The Morgan fingerprint density at radius 1 is 1.18 bits per heavy atom. The first kappa shape index (κ1) is 16.9. The summed E-state index contributed by atoms with van der Waals surface area (Å²) in [6.45, 7) is 1.79. The van der Waals surface area contributed by atoms with E-state index >= 15 is 0 Å². The van der Waals surface area contributed by atoms with Crippen LogP contribution in [0.4, 0.5) is 8.78 Å². The van der Waals surface area contributed by atoms with Crippen LogP contribution in [0, 0.1) is 6.92 Å². The van der Waals surface area contributed by atoms with E-state index in [-0.39, 0.29) is 5.69 Å². The fraction of sp³-hybridized carbons (Fsp3) is 0.158. The molecular weight excluding hydrogens is 384 g/mol. The van der Waals surface area contributed by atoms with Gasteiger partial charge in [0.05, 0.1) is 18.2 Å². The highest BCUT2D eigenvalue weighted by Crippen LogP contribution is 2.37. The fourth-order valence-electron chi connectivity index (χ4n) is 3.29. The number of hydrogen-bond acceptors (Lipinski definition) is 6. The van der Waals surface area contributed by atoms with Gasteiger partial charge in [-0.3, -0.25) is 0 Å². The second-order valence-corrected chi connectivity index (χ2v) is 7.27. The molecule has 0 aliphatic heterocycles. The number of alkyl halides is 2. The number of thiophene rings is 1. The second-order valence-electron chi connectivity index (χ2n) is 6.27. The molecule has 0 radical (unpaired) electrons. The molecule has 0 spiro atoms. The van der Waals surface area contributed by atoms with Gasteiger partial charge in [-0.15, -0.1) is 16.4 Å². The van der Waals surface area contributed by atoms with Gasteiger partial charge in [0, 0.05) is 5.39 Å². The van der Waals surface area contributed by atoms with E-state index in [9.17, 15) is 8.78 Å². The molecule has 28 heavy (non-hydrogen) atoms. The number of fused-ring (bicyclic) bond motifs is 5. The van der Waals surface area contributed by atoms with E-state index in [0.29, 0.717) is 33.1 Å². The highest BCUT2D eigenvalue weighted by Gasteiger charge is 2.20. The number of rotatable bonds is 3. The van der Waals surface area contributed by atoms with E-state index in [2.05, 4.69) is 20.1 Å². The van der Waals surface area contributed by atoms with Crippen molar-refractivity contribution in [3.8, 4) is 17.1 Å². The summed E-state index contributed by atoms with van der Waals surface area (Å²) in [5.74, 6) is 1.17. The predicted molar refractivity (Wildman–Crippen MR) is 103 cm³/mol. The maximum Gasteiger partial charge on any atom is 0.280 e. The minimum absolute atomic E-state index is 0.233. The van der Waals surface area contributed by atoms with Gasteiger partial charge in [-0.05, 0) is 30.7 Å². The molecule has 140 valence electrons. The second kappa shape index (κ2) is 6.16. The number of para-hydroxylation sites is 1. The van der Waals surface area contributed by atoms with E-state index in [0.717, 1.165) is 15.6 Å². The van der Waals surface area contributed by atoms with Crippen LogP contribution in [0.15, 0.2) is 36.7 Å². The van der Waals surface area contributed by atoms with Gasteiger partial charge in [0.2, 0.25) is 0 Å². The van der Waals surface area contributed by atoms with Gasteiger partial charge in [0.15, 0.2) is 11.5 Å². The van der Waals surface area contributed by atoms with Crippen LogP contribution >= 0.6 is 11.3 Å². The van der Waals surface area contributed by atoms with Gasteiger partial charge in [-0.1, -0.05) is 12.1 Å². The summed E-state index contributed by atoms with van der Waals surface area (Å²) in [7, 11) is 1.59. The summed E-state index contributed by atoms with van der Waals surface area (Å²) in [5.41, 5.74) is 2.54. The third kappa shape index (κ3) is 2.43. The monoisotopic (exact) mass is 397 g/mol. The molecule has 1 aromatic carbocycles. The Hall–Kier alpha value is -3.20. The average molecular weight is 397 g/mol. The summed E-state index contributed by atoms with van der Waals surface area (Å²) < 4.78 is 34.0. The Morgan fingerprint density at radius 3 is 2.79 bits per heavy atom. The molecular formula is C19H13F2N5OS. The number of benzene rings is 1. The molecule has 0 aliphatic carbocycles. The fourth-order valence-corrected chi connectivity index (χ4v) is 4.48. The van der Waals surface area contributed by atoms with Crippen LogP contribution in [0.2, 0.25) is 0 Å². The van der Waals surface area contributed by atoms with Crippen molar-refractivity contribution in [2.24, 2.45) is 0 Å². The molecule has 0 unspecified atom stereocenters. The minimum atomic E-state index is -2.62. The largest absolute Gasteiger partial charge is 0.496 e. The average Bonchev–Trinajstić information content (AvgIpc) is 3.28. The lowest BCUT2D eigenvalue weighted by atomic mass is 10.1. The van der Waals surface area contributed by atoms with Crippen LogP contribution in [0.3, 0.4) is 0 Å². The summed E-state index contributed by atoms with van der Waals surface area (Å²) in [4.78, 5) is 13.8. The van der Waals surface area contributed by atoms with E-state index in [4.69, 9.17) is 4.74 Å². The zero-order valence-corrected chi connectivity index (χ0v) is 15.7. The van der Waals surface area contributed by atoms with Crippen LogP contribution in [0.5, 0.6) is 5.75 Å². The smallest absolute Gasteiger partial charge is 0.280 e. The normalized spacial score (nSPS) is 11.9. The Bertz CT molecular complexity index is 1360. The van der Waals surface area contributed by atoms with Gasteiger partial charge < -0.3 is 4.74 Å². The molecule has 0 saturated heterocycles. The molecule has 0 bridgehead atoms. The quantitative estimate of drug-likeness (QED) is 0.437. The zero-order chi connectivity index (χ0) is 19.4. The lowest BCUT2D eigenvalue weighted by Gasteiger charge is -2.03. The number of nitrogens with zero attached hydrogens (tertiary/aromatic N) is 5. The Labute approximate surface area is 161 Å². The summed E-state index contributed by atoms with van der Waals surface area (Å²) >= 11 is 1.29. The maximum atomic E-state index is 13.1. The van der Waals surface area contributed by atoms with Gasteiger partial charge in [-0.25, -0.2) is 28.2 Å². The Morgan fingerprint density at radius 2 is 2.00 bits per heavy atom. The van der Waals surface area contributed by atoms with Crippen LogP contribution in [-0.4, -0.2) is 31.7 Å². The van der Waals surface area contributed by atoms with Crippen molar-refractivity contribution in [1.29, 1.82) is 0 Å². The lowest BCUT2D eigenvalue weighted by Crippen LogP contribution is -1.92. The highest BCUT2D eigenvalue weighted by molar-refractivity contribution is 7.26. The van der Waals surface area contributed by atoms with Crippen molar-refractivity contribution in [2.45, 2.75) is 13.3 Å². The topological polar surface area (TPSA) is 65.2 Å². The van der Waals surface area contributed by atoms with E-state index in [1.807, 2.05) is 24.3 Å². The predicted octanol–water partition coefficient (Wildman–Crippen LogP) is 4.81. The summed E-state index contributed by atoms with van der Waals surface area (Å²) in [5, 5.41) is 5.28. The third-order valence-corrected chi connectivity index (χ3v) is 5.62. The molecule has 4 heterocycles. The standard InChI is InChI=1S/C19H13F2N5OS/c1-9-7-11(16(20)21)23-19-13(9)14-15(28-19)18-24-17(25-26(18)8-22-14)10-5-3-4-6-12(10)27-2/h3-8,16H,1-2H3. The molecule has 4 aromatic heterocycles. The van der Waals surface area contributed by atoms with Gasteiger partial charge >= 0.3 is 0 Å². The molecule has 6 nitrogen and oxygen atoms in total. The maximum absolute atomic E-state index is 13.1. The molecule has 0 amide bonds. The number of methoxy groups -OCH3 is 1. The van der Waals surface area contributed by atoms with Gasteiger partial charge in [0.1, 0.15) is 27.3 Å². The summed E-state index contributed by atoms with van der Waals surface area (Å²) in [6.07, 6.45) is -1.04. The zero-order valence-electron chi connectivity index (χ0n) is 14.8. The van der Waals surface area contributed by atoms with E-state index in [1.165, 1.54) is 17.4 Å². The van der Waals surface area contributed by atoms with Crippen LogP contribution in [0.1, 0.15) is 17.7 Å². The number of ether oxygens (including phenoxy) is 1. The number of aromatic nitrogens is 5. The van der Waals surface area contributed by atoms with Gasteiger partial charge in [0.25, 0.3) is 6.43 Å². The number of pyridine rings is 1. The van der Waals surface area contributed by atoms with Gasteiger partial charge in [-0.2, -0.15) is 0 Å². The number of aryl methyl sites for hydroxylation is 1. The molecule has 9 heteroatoms. The van der Waals surface area contributed by atoms with Crippen molar-refractivity contribution < 1.29 is 13.5 Å². The van der Waals surface area contributed by atoms with Crippen LogP contribution < -0.4 is 4.74 Å². The molecule has 0 N–H and O–H groups in total. The summed E-state index contributed by atoms with van der Waals surface area (Å²) in [6, 6.07) is 8.89. The lowest BCUT2D eigenvalue weighted by molar-refractivity contribution is 0.146. The molecule has 0 saturated carbocycles. The van der Waals surface area contributed by atoms with Crippen LogP contribution in [-0.2, 0) is 0 Å². The van der Waals surface area contributed by atoms with Crippen molar-refractivity contribution in [3.05, 3.63) is 47.9 Å². The first-order valence-electron chi connectivity index (χ1n) is 8.43. The van der Waals surface area contributed by atoms with Crippen molar-refractivity contribution in [1.82, 2.24) is 24.6 Å². The molecule has 5 aromatic rings. The first-order valence-corrected chi connectivity index (χ1v) is 9.25. The van der Waals surface area contributed by atoms with Crippen molar-refractivity contribution >= 4 is 37.4 Å². The van der Waals surface area contributed by atoms with Crippen molar-refractivity contribution in [3.63, 3.8) is 0 Å². The molecule has 0 aliphatic rings. The van der Waals surface area contributed by atoms with Crippen molar-refractivity contribution in [2.75, 3.05) is 7.11 Å². The number of halogens is 2. The molecule has 0 atom stereocenters. The molecule has 5 rings (SSSR count). The number of hydrogen-bond donors (Lipinski definition) is 0. The Kier molecular flexibility index (Phi) is 3.73. The Balaban J connectivity index is 1.80. The van der Waals surface area contributed by atoms with Crippen LogP contribution in [0.25, 0.3) is 37.5 Å². The van der Waals surface area contributed by atoms with E-state index < -0.39 is 6.43 Å². The first-order chi connectivity index (χ1) is 13.6. The SMILES string of the molecule is COc1ccccc1-c1nc2c3sc4nc(C(F)F)cc(C)c4c3ncn2n1. The third-order valence-electron chi connectivity index (χ3n) is 4.56. The minimum Gasteiger partial charge on any atom is -0.496 e.